The molecule has 2 aromatic rings. The lowest BCUT2D eigenvalue weighted by Crippen LogP contribution is -2.10. The van der Waals surface area contributed by atoms with Crippen LogP contribution in [-0.4, -0.2) is 8.42 Å². The predicted molar refractivity (Wildman–Crippen MR) is 103 cm³/mol. The van der Waals surface area contributed by atoms with Gasteiger partial charge in [-0.2, -0.15) is 0 Å². The number of hydrogen-bond donors (Lipinski definition) is 0. The number of sulfone groups is 1. The molecule has 0 fully saturated rings. The van der Waals surface area contributed by atoms with E-state index in [0.717, 1.165) is 34.8 Å². The number of hydrogen-bond acceptors (Lipinski definition) is 2. The molecule has 3 rings (SSSR count). The Morgan fingerprint density at radius 2 is 1.54 bits per heavy atom. The predicted octanol–water partition coefficient (Wildman–Crippen LogP) is 5.71. The molecule has 4 heteroatoms. The van der Waals surface area contributed by atoms with Crippen LogP contribution >= 0.6 is 0 Å². The summed E-state index contributed by atoms with van der Waals surface area (Å²) in [6.07, 6.45) is 2.87. The highest BCUT2D eigenvalue weighted by Crippen LogP contribution is 2.39. The first-order chi connectivity index (χ1) is 12.1. The van der Waals surface area contributed by atoms with E-state index in [-0.39, 0.29) is 9.79 Å². The van der Waals surface area contributed by atoms with E-state index < -0.39 is 15.7 Å². The maximum atomic E-state index is 14.0. The van der Waals surface area contributed by atoms with Crippen molar-refractivity contribution in [1.82, 2.24) is 0 Å². The molecule has 2 aromatic carbocycles. The summed E-state index contributed by atoms with van der Waals surface area (Å²) < 4.78 is 41.1. The smallest absolute Gasteiger partial charge is 0.207 e. The molecule has 0 saturated heterocycles. The highest BCUT2D eigenvalue weighted by molar-refractivity contribution is 7.91. The first-order valence-corrected chi connectivity index (χ1v) is 10.1. The molecule has 0 bridgehead atoms. The summed E-state index contributed by atoms with van der Waals surface area (Å²) in [5.74, 6) is -0.548. The maximum Gasteiger partial charge on any atom is 0.207 e. The fourth-order valence-electron chi connectivity index (χ4n) is 3.91. The van der Waals surface area contributed by atoms with Crippen molar-refractivity contribution in [3.63, 3.8) is 0 Å². The van der Waals surface area contributed by atoms with E-state index in [1.165, 1.54) is 6.07 Å². The summed E-state index contributed by atoms with van der Waals surface area (Å²) in [5, 5.41) is 0. The monoisotopic (exact) mass is 370 g/mol. The lowest BCUT2D eigenvalue weighted by Gasteiger charge is -2.17. The fourth-order valence-corrected chi connectivity index (χ4v) is 5.83. The zero-order chi connectivity index (χ0) is 19.2. The normalized spacial score (nSPS) is 14.8. The lowest BCUT2D eigenvalue weighted by molar-refractivity contribution is 0.589. The van der Waals surface area contributed by atoms with Gasteiger partial charge in [-0.1, -0.05) is 35.4 Å². The van der Waals surface area contributed by atoms with E-state index in [4.69, 9.17) is 0 Å². The van der Waals surface area contributed by atoms with Crippen LogP contribution < -0.4 is 0 Å². The van der Waals surface area contributed by atoms with E-state index >= 15 is 0 Å². The first-order valence-electron chi connectivity index (χ1n) is 8.62. The van der Waals surface area contributed by atoms with Crippen LogP contribution in [-0.2, 0) is 9.84 Å². The minimum atomic E-state index is -3.86. The van der Waals surface area contributed by atoms with E-state index in [9.17, 15) is 12.8 Å². The molecule has 2 nitrogen and oxygen atoms in total. The van der Waals surface area contributed by atoms with E-state index in [2.05, 4.69) is 6.08 Å². The molecule has 0 spiro atoms. The van der Waals surface area contributed by atoms with Crippen molar-refractivity contribution in [3.05, 3.63) is 75.6 Å². The Balaban J connectivity index is 2.33. The Morgan fingerprint density at radius 3 is 2.08 bits per heavy atom. The molecule has 0 unspecified atom stereocenters. The highest BCUT2D eigenvalue weighted by atomic mass is 32.2. The van der Waals surface area contributed by atoms with E-state index in [0.29, 0.717) is 16.7 Å². The van der Waals surface area contributed by atoms with Gasteiger partial charge in [0.1, 0.15) is 5.82 Å². The Morgan fingerprint density at radius 1 is 0.923 bits per heavy atom. The Hall–Kier alpha value is -2.20. The van der Waals surface area contributed by atoms with Gasteiger partial charge in [-0.05, 0) is 75.4 Å². The largest absolute Gasteiger partial charge is 0.218 e. The second-order valence-electron chi connectivity index (χ2n) is 7.12. The van der Waals surface area contributed by atoms with Crippen LogP contribution in [0, 0.1) is 26.6 Å². The number of aryl methyl sites for hydroxylation is 3. The van der Waals surface area contributed by atoms with Crippen molar-refractivity contribution < 1.29 is 12.8 Å². The minimum absolute atomic E-state index is 0.0385. The van der Waals surface area contributed by atoms with Crippen LogP contribution in [0.3, 0.4) is 0 Å². The van der Waals surface area contributed by atoms with Gasteiger partial charge in [0.25, 0.3) is 0 Å². The van der Waals surface area contributed by atoms with Gasteiger partial charge >= 0.3 is 0 Å². The van der Waals surface area contributed by atoms with Crippen molar-refractivity contribution in [1.29, 1.82) is 0 Å². The van der Waals surface area contributed by atoms with E-state index in [1.807, 2.05) is 32.9 Å². The minimum Gasteiger partial charge on any atom is -0.218 e. The van der Waals surface area contributed by atoms with Gasteiger partial charge in [-0.25, -0.2) is 12.8 Å². The third-order valence-electron chi connectivity index (χ3n) is 4.91. The summed E-state index contributed by atoms with van der Waals surface area (Å²) in [5.41, 5.74) is 5.99. The van der Waals surface area contributed by atoms with Gasteiger partial charge in [0.2, 0.25) is 9.84 Å². The van der Waals surface area contributed by atoms with Crippen LogP contribution in [0.2, 0.25) is 0 Å². The van der Waals surface area contributed by atoms with Crippen molar-refractivity contribution in [2.45, 2.75) is 50.8 Å². The van der Waals surface area contributed by atoms with Crippen LogP contribution in [0.5, 0.6) is 0 Å². The van der Waals surface area contributed by atoms with Crippen LogP contribution in [0.25, 0.3) is 5.57 Å². The van der Waals surface area contributed by atoms with Crippen molar-refractivity contribution >= 4 is 15.4 Å². The molecule has 136 valence electrons. The molecule has 0 heterocycles. The average Bonchev–Trinajstić information content (AvgIpc) is 2.85. The molecule has 0 atom stereocenters. The molecular formula is C22H23FO2S. The zero-order valence-corrected chi connectivity index (χ0v) is 16.6. The van der Waals surface area contributed by atoms with Crippen molar-refractivity contribution in [3.8, 4) is 0 Å². The van der Waals surface area contributed by atoms with Crippen molar-refractivity contribution in [2.75, 3.05) is 0 Å². The van der Waals surface area contributed by atoms with Crippen LogP contribution in [0.15, 0.2) is 57.3 Å². The Bertz CT molecular complexity index is 1050. The average molecular weight is 370 g/mol. The third-order valence-corrected chi connectivity index (χ3v) is 7.01. The molecule has 1 aliphatic carbocycles. The molecule has 0 radical (unpaired) electrons. The van der Waals surface area contributed by atoms with Crippen molar-refractivity contribution in [2.24, 2.45) is 0 Å². The van der Waals surface area contributed by atoms with Crippen LogP contribution in [0.4, 0.5) is 4.39 Å². The number of allylic oxidation sites excluding steroid dienone is 4. The molecule has 0 saturated carbocycles. The zero-order valence-electron chi connectivity index (χ0n) is 15.8. The molecular weight excluding hydrogens is 347 g/mol. The van der Waals surface area contributed by atoms with Crippen LogP contribution in [0.1, 0.15) is 42.5 Å². The number of benzene rings is 2. The summed E-state index contributed by atoms with van der Waals surface area (Å²) in [7, 11) is -3.86. The summed E-state index contributed by atoms with van der Waals surface area (Å²) >= 11 is 0. The molecule has 26 heavy (non-hydrogen) atoms. The molecule has 0 aromatic heterocycles. The lowest BCUT2D eigenvalue weighted by atomic mass is 9.99. The molecule has 0 N–H and O–H groups in total. The summed E-state index contributed by atoms with van der Waals surface area (Å²) in [4.78, 5) is 0.310. The van der Waals surface area contributed by atoms with Gasteiger partial charge in [0.15, 0.2) is 0 Å². The number of rotatable bonds is 3. The van der Waals surface area contributed by atoms with E-state index in [1.54, 1.807) is 19.9 Å². The topological polar surface area (TPSA) is 34.1 Å². The Kier molecular flexibility index (Phi) is 4.65. The fraction of sp³-hybridized carbons (Fsp3) is 0.273. The first kappa shape index (κ1) is 18.6. The summed E-state index contributed by atoms with van der Waals surface area (Å²) in [6, 6.07) is 7.77. The molecule has 0 aliphatic heterocycles. The summed E-state index contributed by atoms with van der Waals surface area (Å²) in [6.45, 7) is 9.47. The van der Waals surface area contributed by atoms with Gasteiger partial charge in [-0.15, -0.1) is 0 Å². The third kappa shape index (κ3) is 3.03. The SMILES string of the molecule is CC1=CCC(C)=C1c1ccc(F)cc1S(=O)(=O)c1c(C)cc(C)cc1C. The molecule has 0 amide bonds. The second-order valence-corrected chi connectivity index (χ2v) is 8.97. The number of halogens is 1. The van der Waals surface area contributed by atoms with Gasteiger partial charge < -0.3 is 0 Å². The maximum absolute atomic E-state index is 14.0. The van der Waals surface area contributed by atoms with Gasteiger partial charge in [-0.3, -0.25) is 0 Å². The second kappa shape index (κ2) is 6.51. The van der Waals surface area contributed by atoms with Gasteiger partial charge in [0, 0.05) is 5.56 Å². The standard InChI is InChI=1S/C22H23FO2S/c1-13-10-16(4)22(17(5)11-13)26(24,25)20-12-18(23)8-9-19(20)21-14(2)6-7-15(21)3/h6,8-12H,7H2,1-5H3. The highest BCUT2D eigenvalue weighted by Gasteiger charge is 2.28. The van der Waals surface area contributed by atoms with Gasteiger partial charge in [0.05, 0.1) is 9.79 Å². The quantitative estimate of drug-likeness (QED) is 0.694. The molecule has 1 aliphatic rings. The Labute approximate surface area is 155 Å².